The molecule has 0 rings (SSSR count). The fourth-order valence-corrected chi connectivity index (χ4v) is 0.856. The van der Waals surface area contributed by atoms with Gasteiger partial charge in [-0.3, -0.25) is 9.59 Å². The quantitative estimate of drug-likeness (QED) is 0.344. The summed E-state index contributed by atoms with van der Waals surface area (Å²) in [5, 5.41) is 8.44. The Morgan fingerprint density at radius 1 is 1.33 bits per heavy atom. The molecule has 0 aromatic heterocycles. The van der Waals surface area contributed by atoms with Crippen molar-refractivity contribution in [1.29, 1.82) is 0 Å². The van der Waals surface area contributed by atoms with Gasteiger partial charge in [0, 0.05) is 6.92 Å². The van der Waals surface area contributed by atoms with Crippen molar-refractivity contribution in [3.63, 3.8) is 0 Å². The zero-order chi connectivity index (χ0) is 11.8. The Morgan fingerprint density at radius 3 is 2.40 bits per heavy atom. The summed E-state index contributed by atoms with van der Waals surface area (Å²) < 4.78 is 4.57. The van der Waals surface area contributed by atoms with Crippen LogP contribution in [0.5, 0.6) is 0 Å². The topological polar surface area (TPSA) is 107 Å². The number of aliphatic carboxylic acids is 1. The van der Waals surface area contributed by atoms with Crippen molar-refractivity contribution >= 4 is 17.7 Å². The van der Waals surface area contributed by atoms with E-state index >= 15 is 0 Å². The van der Waals surface area contributed by atoms with E-state index in [0.29, 0.717) is 19.3 Å². The highest BCUT2D eigenvalue weighted by molar-refractivity contribution is 6.32. The molecule has 86 valence electrons. The first-order valence-corrected chi connectivity index (χ1v) is 4.61. The number of carbonyl (C=O) groups is 3. The number of ether oxygens (including phenoxy) is 1. The van der Waals surface area contributed by atoms with Crippen molar-refractivity contribution in [2.75, 3.05) is 6.61 Å². The van der Waals surface area contributed by atoms with E-state index in [0.717, 1.165) is 6.92 Å². The van der Waals surface area contributed by atoms with Crippen LogP contribution in [0, 0.1) is 0 Å². The normalized spacial score (nSPS) is 11.9. The van der Waals surface area contributed by atoms with Gasteiger partial charge in [-0.05, 0) is 19.3 Å². The standard InChI is InChI=1S/C9H15NO5/c1-6(11)9(14)15-5-3-2-4-7(10)8(12)13/h7H,2-5,10H2,1H3,(H,12,13). The highest BCUT2D eigenvalue weighted by Gasteiger charge is 2.11. The molecular weight excluding hydrogens is 202 g/mol. The Labute approximate surface area is 87.4 Å². The molecule has 1 atom stereocenters. The van der Waals surface area contributed by atoms with E-state index in [4.69, 9.17) is 10.8 Å². The number of carboxylic acid groups (broad SMARTS) is 1. The number of hydrogen-bond donors (Lipinski definition) is 2. The van der Waals surface area contributed by atoms with Gasteiger partial charge in [0.1, 0.15) is 6.04 Å². The zero-order valence-electron chi connectivity index (χ0n) is 8.56. The van der Waals surface area contributed by atoms with Gasteiger partial charge in [0.05, 0.1) is 6.61 Å². The largest absolute Gasteiger partial charge is 0.480 e. The number of carboxylic acids is 1. The average Bonchev–Trinajstić information content (AvgIpc) is 2.16. The number of rotatable bonds is 7. The van der Waals surface area contributed by atoms with Crippen LogP contribution in [0.25, 0.3) is 0 Å². The highest BCUT2D eigenvalue weighted by Crippen LogP contribution is 1.99. The predicted molar refractivity (Wildman–Crippen MR) is 51.1 cm³/mol. The number of nitrogens with two attached hydrogens (primary N) is 1. The smallest absolute Gasteiger partial charge is 0.374 e. The lowest BCUT2D eigenvalue weighted by atomic mass is 10.1. The fourth-order valence-electron chi connectivity index (χ4n) is 0.856. The number of ketones is 1. The lowest BCUT2D eigenvalue weighted by Gasteiger charge is -2.05. The van der Waals surface area contributed by atoms with Gasteiger partial charge in [0.2, 0.25) is 5.78 Å². The maximum atomic E-state index is 10.7. The second-order valence-corrected chi connectivity index (χ2v) is 3.13. The monoisotopic (exact) mass is 217 g/mol. The molecule has 0 heterocycles. The van der Waals surface area contributed by atoms with E-state index in [-0.39, 0.29) is 6.61 Å². The van der Waals surface area contributed by atoms with Crippen LogP contribution in [-0.2, 0) is 19.1 Å². The molecular formula is C9H15NO5. The fraction of sp³-hybridized carbons (Fsp3) is 0.667. The molecule has 0 fully saturated rings. The van der Waals surface area contributed by atoms with E-state index in [2.05, 4.69) is 4.74 Å². The predicted octanol–water partition coefficient (Wildman–Crippen LogP) is -0.299. The van der Waals surface area contributed by atoms with Crippen molar-refractivity contribution in [3.05, 3.63) is 0 Å². The summed E-state index contributed by atoms with van der Waals surface area (Å²) in [5.41, 5.74) is 5.25. The molecule has 15 heavy (non-hydrogen) atoms. The SMILES string of the molecule is CC(=O)C(=O)OCCCCC(N)C(=O)O. The van der Waals surface area contributed by atoms with E-state index in [1.165, 1.54) is 0 Å². The van der Waals surface area contributed by atoms with Crippen LogP contribution in [0.2, 0.25) is 0 Å². The third-order valence-corrected chi connectivity index (χ3v) is 1.75. The molecule has 0 aliphatic heterocycles. The van der Waals surface area contributed by atoms with Gasteiger partial charge in [-0.2, -0.15) is 0 Å². The van der Waals surface area contributed by atoms with E-state index in [1.54, 1.807) is 0 Å². The summed E-state index contributed by atoms with van der Waals surface area (Å²) in [6.45, 7) is 1.24. The summed E-state index contributed by atoms with van der Waals surface area (Å²) in [6, 6.07) is -0.881. The number of unbranched alkanes of at least 4 members (excludes halogenated alkanes) is 1. The summed E-state index contributed by atoms with van der Waals surface area (Å²) in [6.07, 6.45) is 1.37. The summed E-state index contributed by atoms with van der Waals surface area (Å²) in [4.78, 5) is 31.4. The lowest BCUT2D eigenvalue weighted by Crippen LogP contribution is -2.29. The second kappa shape index (κ2) is 6.94. The van der Waals surface area contributed by atoms with Gasteiger partial charge in [-0.15, -0.1) is 0 Å². The summed E-state index contributed by atoms with van der Waals surface area (Å²) in [5.74, 6) is -2.55. The Morgan fingerprint density at radius 2 is 1.93 bits per heavy atom. The van der Waals surface area contributed by atoms with Crippen molar-refractivity contribution in [3.8, 4) is 0 Å². The van der Waals surface area contributed by atoms with Crippen molar-refractivity contribution in [1.82, 2.24) is 0 Å². The number of hydrogen-bond acceptors (Lipinski definition) is 5. The van der Waals surface area contributed by atoms with Crippen molar-refractivity contribution < 1.29 is 24.2 Å². The maximum Gasteiger partial charge on any atom is 0.374 e. The molecule has 0 spiro atoms. The molecule has 6 nitrogen and oxygen atoms in total. The van der Waals surface area contributed by atoms with Crippen molar-refractivity contribution in [2.45, 2.75) is 32.2 Å². The Bertz CT molecular complexity index is 251. The van der Waals surface area contributed by atoms with Crippen LogP contribution in [0.4, 0.5) is 0 Å². The molecule has 0 aliphatic rings. The van der Waals surface area contributed by atoms with Crippen molar-refractivity contribution in [2.24, 2.45) is 5.73 Å². The number of Topliss-reactive ketones (excluding diaryl/α,β-unsaturated/α-hetero) is 1. The highest BCUT2D eigenvalue weighted by atomic mass is 16.5. The van der Waals surface area contributed by atoms with Crippen LogP contribution in [0.1, 0.15) is 26.2 Å². The Kier molecular flexibility index (Phi) is 6.28. The van der Waals surface area contributed by atoms with Gasteiger partial charge >= 0.3 is 11.9 Å². The van der Waals surface area contributed by atoms with E-state index < -0.39 is 23.8 Å². The molecule has 0 saturated carbocycles. The second-order valence-electron chi connectivity index (χ2n) is 3.13. The van der Waals surface area contributed by atoms with Crippen LogP contribution in [-0.4, -0.2) is 35.5 Å². The van der Waals surface area contributed by atoms with E-state index in [9.17, 15) is 14.4 Å². The average molecular weight is 217 g/mol. The molecule has 1 unspecified atom stereocenters. The van der Waals surface area contributed by atoms with Gasteiger partial charge in [0.25, 0.3) is 0 Å². The van der Waals surface area contributed by atoms with Crippen LogP contribution < -0.4 is 5.73 Å². The van der Waals surface area contributed by atoms with E-state index in [1.807, 2.05) is 0 Å². The molecule has 0 saturated heterocycles. The third-order valence-electron chi connectivity index (χ3n) is 1.75. The molecule has 0 aromatic carbocycles. The molecule has 0 radical (unpaired) electrons. The van der Waals surface area contributed by atoms with Gasteiger partial charge < -0.3 is 15.6 Å². The number of esters is 1. The van der Waals surface area contributed by atoms with Gasteiger partial charge in [-0.1, -0.05) is 0 Å². The molecule has 6 heteroatoms. The maximum absolute atomic E-state index is 10.7. The van der Waals surface area contributed by atoms with Crippen LogP contribution >= 0.6 is 0 Å². The zero-order valence-corrected chi connectivity index (χ0v) is 8.56. The molecule has 0 amide bonds. The molecule has 3 N–H and O–H groups in total. The lowest BCUT2D eigenvalue weighted by molar-refractivity contribution is -0.153. The van der Waals surface area contributed by atoms with Crippen LogP contribution in [0.15, 0.2) is 0 Å². The first-order valence-electron chi connectivity index (χ1n) is 4.61. The first kappa shape index (κ1) is 13.6. The first-order chi connectivity index (χ1) is 6.95. The van der Waals surface area contributed by atoms with Gasteiger partial charge in [0.15, 0.2) is 0 Å². The molecule has 0 aliphatic carbocycles. The molecule has 0 bridgehead atoms. The summed E-state index contributed by atoms with van der Waals surface area (Å²) in [7, 11) is 0. The minimum atomic E-state index is -1.05. The number of carbonyl (C=O) groups excluding carboxylic acids is 2. The Balaban J connectivity index is 3.44. The minimum Gasteiger partial charge on any atom is -0.480 e. The van der Waals surface area contributed by atoms with Gasteiger partial charge in [-0.25, -0.2) is 4.79 Å². The Hall–Kier alpha value is -1.43. The molecule has 0 aromatic rings. The minimum absolute atomic E-state index is 0.116. The summed E-state index contributed by atoms with van der Waals surface area (Å²) >= 11 is 0. The third kappa shape index (κ3) is 6.62. The van der Waals surface area contributed by atoms with Crippen LogP contribution in [0.3, 0.4) is 0 Å².